The molecule has 3 nitrogen and oxygen atoms in total. The van der Waals surface area contributed by atoms with E-state index in [-0.39, 0.29) is 29.6 Å². The Balaban J connectivity index is 1.75. The minimum atomic E-state index is -0.168. The van der Waals surface area contributed by atoms with Gasteiger partial charge in [0.2, 0.25) is 5.91 Å². The lowest BCUT2D eigenvalue weighted by Crippen LogP contribution is -2.29. The molecule has 0 aromatic heterocycles. The number of nitrogens with one attached hydrogen (secondary N) is 2. The number of carbonyl (C=O) groups is 1. The molecule has 2 aliphatic rings. The van der Waals surface area contributed by atoms with Gasteiger partial charge in [-0.15, -0.1) is 0 Å². The van der Waals surface area contributed by atoms with E-state index in [2.05, 4.69) is 22.8 Å². The van der Waals surface area contributed by atoms with Gasteiger partial charge in [0.1, 0.15) is 5.82 Å². The maximum absolute atomic E-state index is 14.3. The van der Waals surface area contributed by atoms with E-state index in [0.717, 1.165) is 23.4 Å². The van der Waals surface area contributed by atoms with E-state index in [9.17, 15) is 9.18 Å². The van der Waals surface area contributed by atoms with E-state index < -0.39 is 0 Å². The van der Waals surface area contributed by atoms with Crippen LogP contribution < -0.4 is 10.6 Å². The molecule has 1 aliphatic heterocycles. The summed E-state index contributed by atoms with van der Waals surface area (Å²) in [5.74, 6) is 0.266. The van der Waals surface area contributed by atoms with Crippen molar-refractivity contribution in [1.29, 1.82) is 0 Å². The molecule has 4 heteroatoms. The Morgan fingerprint density at radius 1 is 1.21 bits per heavy atom. The Morgan fingerprint density at radius 3 is 2.83 bits per heavy atom. The number of hydrogen-bond donors (Lipinski definition) is 2. The SMILES string of the molecule is CC(=O)Nc1ccc2c(c1)[C@H]1C=CC[C@H]1[C@H](c1ccccc1F)N2. The van der Waals surface area contributed by atoms with Crippen molar-refractivity contribution in [1.82, 2.24) is 0 Å². The van der Waals surface area contributed by atoms with Crippen LogP contribution in [0.1, 0.15) is 36.4 Å². The van der Waals surface area contributed by atoms with Crippen molar-refractivity contribution in [2.24, 2.45) is 5.92 Å². The number of halogens is 1. The fourth-order valence-electron chi connectivity index (χ4n) is 3.91. The molecule has 1 amide bonds. The average Bonchev–Trinajstić information content (AvgIpc) is 3.04. The summed E-state index contributed by atoms with van der Waals surface area (Å²) in [4.78, 5) is 11.3. The molecule has 1 aliphatic carbocycles. The lowest BCUT2D eigenvalue weighted by Gasteiger charge is -2.37. The van der Waals surface area contributed by atoms with Crippen LogP contribution in [0, 0.1) is 11.7 Å². The molecular weight excluding hydrogens is 303 g/mol. The molecular formula is C20H19FN2O. The number of rotatable bonds is 2. The molecule has 0 saturated carbocycles. The summed E-state index contributed by atoms with van der Waals surface area (Å²) in [6, 6.07) is 12.8. The molecule has 1 heterocycles. The molecule has 2 aromatic carbocycles. The predicted molar refractivity (Wildman–Crippen MR) is 93.5 cm³/mol. The molecule has 0 unspecified atom stereocenters. The van der Waals surface area contributed by atoms with Crippen molar-refractivity contribution < 1.29 is 9.18 Å². The minimum absolute atomic E-state index is 0.0506. The average molecular weight is 322 g/mol. The van der Waals surface area contributed by atoms with Crippen LogP contribution in [0.25, 0.3) is 0 Å². The molecule has 2 aromatic rings. The second kappa shape index (κ2) is 5.78. The van der Waals surface area contributed by atoms with Crippen LogP contribution in [-0.4, -0.2) is 5.91 Å². The Kier molecular flexibility index (Phi) is 3.60. The minimum Gasteiger partial charge on any atom is -0.378 e. The van der Waals surface area contributed by atoms with E-state index in [0.29, 0.717) is 5.56 Å². The molecule has 0 spiro atoms. The Bertz CT molecular complexity index is 830. The third-order valence-electron chi connectivity index (χ3n) is 4.92. The number of amides is 1. The summed E-state index contributed by atoms with van der Waals surface area (Å²) < 4.78 is 14.3. The maximum atomic E-state index is 14.3. The summed E-state index contributed by atoms with van der Waals surface area (Å²) in [6.07, 6.45) is 5.29. The largest absolute Gasteiger partial charge is 0.378 e. The van der Waals surface area contributed by atoms with Gasteiger partial charge in [0.25, 0.3) is 0 Å². The second-order valence-corrected chi connectivity index (χ2v) is 6.48. The van der Waals surface area contributed by atoms with Gasteiger partial charge in [-0.1, -0.05) is 30.4 Å². The first kappa shape index (κ1) is 14.9. The van der Waals surface area contributed by atoms with Gasteiger partial charge >= 0.3 is 0 Å². The predicted octanol–water partition coefficient (Wildman–Crippen LogP) is 4.61. The summed E-state index contributed by atoms with van der Waals surface area (Å²) in [5, 5.41) is 6.35. The van der Waals surface area contributed by atoms with E-state index in [4.69, 9.17) is 0 Å². The van der Waals surface area contributed by atoms with Crippen molar-refractivity contribution in [3.8, 4) is 0 Å². The highest BCUT2D eigenvalue weighted by Crippen LogP contribution is 2.50. The number of carbonyl (C=O) groups excluding carboxylic acids is 1. The highest BCUT2D eigenvalue weighted by molar-refractivity contribution is 5.89. The van der Waals surface area contributed by atoms with Crippen LogP contribution in [0.5, 0.6) is 0 Å². The molecule has 0 saturated heterocycles. The van der Waals surface area contributed by atoms with Gasteiger partial charge < -0.3 is 10.6 Å². The maximum Gasteiger partial charge on any atom is 0.221 e. The topological polar surface area (TPSA) is 41.1 Å². The highest BCUT2D eigenvalue weighted by atomic mass is 19.1. The molecule has 0 fully saturated rings. The smallest absolute Gasteiger partial charge is 0.221 e. The van der Waals surface area contributed by atoms with Crippen LogP contribution in [0.4, 0.5) is 15.8 Å². The standard InChI is InChI=1S/C20H19FN2O/c1-12(24)22-13-9-10-19-17(11-13)14-6-4-7-15(14)20(23-19)16-5-2-3-8-18(16)21/h2-6,8-11,14-15,20,23H,7H2,1H3,(H,22,24)/t14-,15+,20+/m0/s1. The van der Waals surface area contributed by atoms with E-state index in [1.807, 2.05) is 30.3 Å². The molecule has 122 valence electrons. The third kappa shape index (κ3) is 2.48. The zero-order valence-electron chi connectivity index (χ0n) is 13.4. The molecule has 4 rings (SSSR count). The van der Waals surface area contributed by atoms with Crippen molar-refractivity contribution in [2.75, 3.05) is 10.6 Å². The van der Waals surface area contributed by atoms with Crippen LogP contribution >= 0.6 is 0 Å². The zero-order chi connectivity index (χ0) is 16.7. The van der Waals surface area contributed by atoms with Crippen molar-refractivity contribution in [3.63, 3.8) is 0 Å². The molecule has 2 N–H and O–H groups in total. The van der Waals surface area contributed by atoms with Gasteiger partial charge in [-0.05, 0) is 42.2 Å². The lowest BCUT2D eigenvalue weighted by atomic mass is 9.77. The van der Waals surface area contributed by atoms with Crippen LogP contribution in [0.2, 0.25) is 0 Å². The fraction of sp³-hybridized carbons (Fsp3) is 0.250. The van der Waals surface area contributed by atoms with Crippen LogP contribution in [0.15, 0.2) is 54.6 Å². The summed E-state index contributed by atoms with van der Waals surface area (Å²) in [5.41, 5.74) is 3.68. The normalized spacial score (nSPS) is 24.0. The third-order valence-corrected chi connectivity index (χ3v) is 4.92. The first-order valence-electron chi connectivity index (χ1n) is 8.22. The van der Waals surface area contributed by atoms with Gasteiger partial charge in [-0.25, -0.2) is 4.39 Å². The van der Waals surface area contributed by atoms with Crippen LogP contribution in [0.3, 0.4) is 0 Å². The number of benzene rings is 2. The van der Waals surface area contributed by atoms with E-state index >= 15 is 0 Å². The van der Waals surface area contributed by atoms with Crippen LogP contribution in [-0.2, 0) is 4.79 Å². The number of allylic oxidation sites excluding steroid dienone is 2. The summed E-state index contributed by atoms with van der Waals surface area (Å²) >= 11 is 0. The van der Waals surface area contributed by atoms with Crippen molar-refractivity contribution in [3.05, 3.63) is 71.6 Å². The molecule has 0 radical (unpaired) electrons. The zero-order valence-corrected chi connectivity index (χ0v) is 13.4. The van der Waals surface area contributed by atoms with E-state index in [1.165, 1.54) is 13.0 Å². The van der Waals surface area contributed by atoms with Gasteiger partial charge in [0.05, 0.1) is 6.04 Å². The summed E-state index contributed by atoms with van der Waals surface area (Å²) in [7, 11) is 0. The monoisotopic (exact) mass is 322 g/mol. The lowest BCUT2D eigenvalue weighted by molar-refractivity contribution is -0.114. The quantitative estimate of drug-likeness (QED) is 0.793. The van der Waals surface area contributed by atoms with E-state index in [1.54, 1.807) is 6.07 Å². The Hall–Kier alpha value is -2.62. The summed E-state index contributed by atoms with van der Waals surface area (Å²) in [6.45, 7) is 1.50. The Labute approximate surface area is 140 Å². The number of fused-ring (bicyclic) bond motifs is 3. The fourth-order valence-corrected chi connectivity index (χ4v) is 3.91. The number of anilines is 2. The highest BCUT2D eigenvalue weighted by Gasteiger charge is 2.38. The second-order valence-electron chi connectivity index (χ2n) is 6.48. The first-order chi connectivity index (χ1) is 11.6. The van der Waals surface area contributed by atoms with Gasteiger partial charge in [-0.2, -0.15) is 0 Å². The van der Waals surface area contributed by atoms with Gasteiger partial charge in [-0.3, -0.25) is 4.79 Å². The molecule has 0 bridgehead atoms. The first-order valence-corrected chi connectivity index (χ1v) is 8.22. The molecule has 3 atom stereocenters. The van der Waals surface area contributed by atoms with Crippen molar-refractivity contribution in [2.45, 2.75) is 25.3 Å². The Morgan fingerprint density at radius 2 is 2.04 bits per heavy atom. The van der Waals surface area contributed by atoms with Crippen molar-refractivity contribution >= 4 is 17.3 Å². The van der Waals surface area contributed by atoms with Gasteiger partial charge in [0.15, 0.2) is 0 Å². The number of hydrogen-bond acceptors (Lipinski definition) is 2. The van der Waals surface area contributed by atoms with Gasteiger partial charge in [0, 0.05) is 29.8 Å². The molecule has 24 heavy (non-hydrogen) atoms.